The smallest absolute Gasteiger partial charge is 0.119 e. The lowest BCUT2D eigenvalue weighted by Crippen LogP contribution is -2.39. The standard InChI is InChI=1S/C12H24N2O/c13-12-6-9-14(10-7-12)8-4-2-1-3-5-11-15/h11-12H,1-10,13H2. The van der Waals surface area contributed by atoms with Crippen LogP contribution >= 0.6 is 0 Å². The molecule has 1 aliphatic rings. The van der Waals surface area contributed by atoms with Gasteiger partial charge >= 0.3 is 0 Å². The van der Waals surface area contributed by atoms with Crippen molar-refractivity contribution in [2.75, 3.05) is 19.6 Å². The van der Waals surface area contributed by atoms with Crippen molar-refractivity contribution in [3.05, 3.63) is 0 Å². The summed E-state index contributed by atoms with van der Waals surface area (Å²) in [5, 5.41) is 0. The molecule has 0 unspecified atom stereocenters. The molecule has 0 atom stereocenters. The van der Waals surface area contributed by atoms with Crippen LogP contribution in [0.15, 0.2) is 0 Å². The van der Waals surface area contributed by atoms with E-state index >= 15 is 0 Å². The van der Waals surface area contributed by atoms with Crippen molar-refractivity contribution >= 4 is 6.29 Å². The van der Waals surface area contributed by atoms with Crippen molar-refractivity contribution in [2.24, 2.45) is 5.73 Å². The topological polar surface area (TPSA) is 46.3 Å². The molecule has 1 rings (SSSR count). The molecule has 0 aromatic carbocycles. The van der Waals surface area contributed by atoms with Crippen molar-refractivity contribution in [3.63, 3.8) is 0 Å². The Morgan fingerprint density at radius 3 is 2.47 bits per heavy atom. The second-order valence-electron chi connectivity index (χ2n) is 4.55. The Bertz CT molecular complexity index is 165. The van der Waals surface area contributed by atoms with Gasteiger partial charge in [-0.1, -0.05) is 12.8 Å². The Kier molecular flexibility index (Phi) is 6.60. The van der Waals surface area contributed by atoms with Gasteiger partial charge in [0.2, 0.25) is 0 Å². The highest BCUT2D eigenvalue weighted by atomic mass is 16.1. The molecule has 0 radical (unpaired) electrons. The number of nitrogens with two attached hydrogens (primary N) is 1. The predicted molar refractivity (Wildman–Crippen MR) is 62.8 cm³/mol. The van der Waals surface area contributed by atoms with Gasteiger partial charge < -0.3 is 15.4 Å². The van der Waals surface area contributed by atoms with E-state index in [9.17, 15) is 4.79 Å². The summed E-state index contributed by atoms with van der Waals surface area (Å²) in [5.41, 5.74) is 5.85. The molecule has 1 aliphatic heterocycles. The van der Waals surface area contributed by atoms with Gasteiger partial charge in [-0.05, 0) is 45.3 Å². The lowest BCUT2D eigenvalue weighted by atomic mass is 10.1. The molecule has 0 bridgehead atoms. The van der Waals surface area contributed by atoms with E-state index < -0.39 is 0 Å². The van der Waals surface area contributed by atoms with Crippen molar-refractivity contribution in [1.82, 2.24) is 4.90 Å². The number of carbonyl (C=O) groups is 1. The molecule has 0 amide bonds. The van der Waals surface area contributed by atoms with Crippen molar-refractivity contribution in [1.29, 1.82) is 0 Å². The number of likely N-dealkylation sites (tertiary alicyclic amines) is 1. The first-order valence-corrected chi connectivity index (χ1v) is 6.24. The summed E-state index contributed by atoms with van der Waals surface area (Å²) in [6.07, 6.45) is 8.87. The Balaban J connectivity index is 1.89. The fraction of sp³-hybridized carbons (Fsp3) is 0.917. The molecule has 3 nitrogen and oxygen atoms in total. The molecule has 88 valence electrons. The highest BCUT2D eigenvalue weighted by molar-refractivity contribution is 5.48. The molecular formula is C12H24N2O. The summed E-state index contributed by atoms with van der Waals surface area (Å²) in [5.74, 6) is 0. The number of carbonyl (C=O) groups excluding carboxylic acids is 1. The zero-order chi connectivity index (χ0) is 10.9. The van der Waals surface area contributed by atoms with Crippen LogP contribution in [0.5, 0.6) is 0 Å². The zero-order valence-electron chi connectivity index (χ0n) is 9.66. The third-order valence-corrected chi connectivity index (χ3v) is 3.18. The van der Waals surface area contributed by atoms with E-state index in [0.717, 1.165) is 32.0 Å². The highest BCUT2D eigenvalue weighted by Gasteiger charge is 2.14. The molecular weight excluding hydrogens is 188 g/mol. The molecule has 1 heterocycles. The molecule has 1 saturated heterocycles. The summed E-state index contributed by atoms with van der Waals surface area (Å²) in [7, 11) is 0. The van der Waals surface area contributed by atoms with E-state index in [1.54, 1.807) is 0 Å². The summed E-state index contributed by atoms with van der Waals surface area (Å²) < 4.78 is 0. The second kappa shape index (κ2) is 7.83. The van der Waals surface area contributed by atoms with Gasteiger partial charge in [0, 0.05) is 12.5 Å². The zero-order valence-corrected chi connectivity index (χ0v) is 9.66. The van der Waals surface area contributed by atoms with Crippen LogP contribution in [0.2, 0.25) is 0 Å². The molecule has 2 N–H and O–H groups in total. The van der Waals surface area contributed by atoms with E-state index in [2.05, 4.69) is 4.90 Å². The monoisotopic (exact) mass is 212 g/mol. The predicted octanol–water partition coefficient (Wildman–Crippen LogP) is 1.56. The van der Waals surface area contributed by atoms with Crippen LogP contribution in [0.4, 0.5) is 0 Å². The molecule has 0 spiro atoms. The average Bonchev–Trinajstić information content (AvgIpc) is 2.26. The molecule has 1 fully saturated rings. The van der Waals surface area contributed by atoms with Gasteiger partial charge in [-0.15, -0.1) is 0 Å². The average molecular weight is 212 g/mol. The number of hydrogen-bond acceptors (Lipinski definition) is 3. The van der Waals surface area contributed by atoms with Gasteiger partial charge in [0.25, 0.3) is 0 Å². The quantitative estimate of drug-likeness (QED) is 0.514. The minimum atomic E-state index is 0.439. The van der Waals surface area contributed by atoms with E-state index in [0.29, 0.717) is 6.04 Å². The fourth-order valence-electron chi connectivity index (χ4n) is 2.09. The summed E-state index contributed by atoms with van der Waals surface area (Å²) in [4.78, 5) is 12.6. The first-order chi connectivity index (χ1) is 7.33. The maximum absolute atomic E-state index is 10.1. The van der Waals surface area contributed by atoms with Crippen molar-refractivity contribution in [2.45, 2.75) is 51.0 Å². The number of rotatable bonds is 7. The first-order valence-electron chi connectivity index (χ1n) is 6.24. The van der Waals surface area contributed by atoms with Gasteiger partial charge in [-0.25, -0.2) is 0 Å². The van der Waals surface area contributed by atoms with Crippen LogP contribution in [-0.2, 0) is 4.79 Å². The third kappa shape index (κ3) is 5.90. The number of unbranched alkanes of at least 4 members (excludes halogenated alkanes) is 4. The molecule has 15 heavy (non-hydrogen) atoms. The normalized spacial score (nSPS) is 19.3. The largest absolute Gasteiger partial charge is 0.328 e. The summed E-state index contributed by atoms with van der Waals surface area (Å²) in [6, 6.07) is 0.439. The summed E-state index contributed by atoms with van der Waals surface area (Å²) in [6.45, 7) is 3.57. The Morgan fingerprint density at radius 2 is 1.80 bits per heavy atom. The van der Waals surface area contributed by atoms with E-state index in [1.807, 2.05) is 0 Å². The van der Waals surface area contributed by atoms with Gasteiger partial charge in [-0.3, -0.25) is 0 Å². The molecule has 0 aromatic rings. The van der Waals surface area contributed by atoms with Gasteiger partial charge in [0.1, 0.15) is 6.29 Å². The number of piperidine rings is 1. The lowest BCUT2D eigenvalue weighted by molar-refractivity contribution is -0.107. The Labute approximate surface area is 93.0 Å². The lowest BCUT2D eigenvalue weighted by Gasteiger charge is -2.29. The number of hydrogen-bond donors (Lipinski definition) is 1. The van der Waals surface area contributed by atoms with Gasteiger partial charge in [0.05, 0.1) is 0 Å². The van der Waals surface area contributed by atoms with Gasteiger partial charge in [-0.2, -0.15) is 0 Å². The Morgan fingerprint density at radius 1 is 1.13 bits per heavy atom. The molecule has 0 saturated carbocycles. The van der Waals surface area contributed by atoms with Crippen LogP contribution in [0.1, 0.15) is 44.9 Å². The maximum atomic E-state index is 10.1. The maximum Gasteiger partial charge on any atom is 0.119 e. The molecule has 3 heteroatoms. The van der Waals surface area contributed by atoms with Crippen LogP contribution in [-0.4, -0.2) is 36.9 Å². The van der Waals surface area contributed by atoms with Crippen molar-refractivity contribution < 1.29 is 4.79 Å². The van der Waals surface area contributed by atoms with Gasteiger partial charge in [0.15, 0.2) is 0 Å². The Hall–Kier alpha value is -0.410. The van der Waals surface area contributed by atoms with E-state index in [1.165, 1.54) is 38.9 Å². The summed E-state index contributed by atoms with van der Waals surface area (Å²) >= 11 is 0. The second-order valence-corrected chi connectivity index (χ2v) is 4.55. The third-order valence-electron chi connectivity index (χ3n) is 3.18. The van der Waals surface area contributed by atoms with Crippen LogP contribution in [0.25, 0.3) is 0 Å². The van der Waals surface area contributed by atoms with Crippen LogP contribution < -0.4 is 5.73 Å². The van der Waals surface area contributed by atoms with Crippen molar-refractivity contribution in [3.8, 4) is 0 Å². The molecule has 0 aromatic heterocycles. The number of aldehydes is 1. The number of nitrogens with zero attached hydrogens (tertiary/aromatic N) is 1. The van der Waals surface area contributed by atoms with E-state index in [4.69, 9.17) is 5.73 Å². The SMILES string of the molecule is NC1CCN(CCCCCCC=O)CC1. The highest BCUT2D eigenvalue weighted by Crippen LogP contribution is 2.10. The van der Waals surface area contributed by atoms with Crippen LogP contribution in [0, 0.1) is 0 Å². The fourth-order valence-corrected chi connectivity index (χ4v) is 2.09. The minimum absolute atomic E-state index is 0.439. The molecule has 0 aliphatic carbocycles. The van der Waals surface area contributed by atoms with Crippen LogP contribution in [0.3, 0.4) is 0 Å². The van der Waals surface area contributed by atoms with E-state index in [-0.39, 0.29) is 0 Å². The first kappa shape index (κ1) is 12.7. The minimum Gasteiger partial charge on any atom is -0.328 e.